The third-order valence-corrected chi connectivity index (χ3v) is 4.52. The SMILES string of the molecule is CC=C(C)CN1CC(NC(=O)c2ccc(F)c(F)c2)CC1C(=O)NCC. The van der Waals surface area contributed by atoms with Gasteiger partial charge in [0, 0.05) is 31.2 Å². The predicted octanol–water partition coefficient (Wildman–Crippen LogP) is 2.24. The van der Waals surface area contributed by atoms with Crippen molar-refractivity contribution in [3.05, 3.63) is 47.0 Å². The highest BCUT2D eigenvalue weighted by atomic mass is 19.2. The quantitative estimate of drug-likeness (QED) is 0.760. The number of nitrogens with one attached hydrogen (secondary N) is 2. The largest absolute Gasteiger partial charge is 0.355 e. The first-order chi connectivity index (χ1) is 12.3. The number of amides is 2. The van der Waals surface area contributed by atoms with Crippen LogP contribution >= 0.6 is 0 Å². The number of likely N-dealkylation sites (tertiary alicyclic amines) is 1. The van der Waals surface area contributed by atoms with Crippen LogP contribution in [-0.2, 0) is 4.79 Å². The third-order valence-electron chi connectivity index (χ3n) is 4.52. The molecule has 1 aromatic rings. The van der Waals surface area contributed by atoms with Gasteiger partial charge in [-0.3, -0.25) is 14.5 Å². The first kappa shape index (κ1) is 20.0. The second-order valence-electron chi connectivity index (χ2n) is 6.51. The molecule has 0 bridgehead atoms. The molecule has 1 aromatic carbocycles. The highest BCUT2D eigenvalue weighted by Crippen LogP contribution is 2.20. The number of benzene rings is 1. The molecule has 1 aliphatic rings. The van der Waals surface area contributed by atoms with Gasteiger partial charge >= 0.3 is 0 Å². The average Bonchev–Trinajstić information content (AvgIpc) is 2.99. The van der Waals surface area contributed by atoms with Crippen molar-refractivity contribution < 1.29 is 18.4 Å². The Hall–Kier alpha value is -2.28. The first-order valence-corrected chi connectivity index (χ1v) is 8.75. The van der Waals surface area contributed by atoms with Crippen LogP contribution in [0.5, 0.6) is 0 Å². The Morgan fingerprint density at radius 1 is 1.31 bits per heavy atom. The third kappa shape index (κ3) is 4.88. The summed E-state index contributed by atoms with van der Waals surface area (Å²) in [4.78, 5) is 26.7. The van der Waals surface area contributed by atoms with Crippen molar-refractivity contribution in [2.45, 2.75) is 39.3 Å². The van der Waals surface area contributed by atoms with Gasteiger partial charge in [0.05, 0.1) is 6.04 Å². The Morgan fingerprint density at radius 3 is 2.65 bits per heavy atom. The fourth-order valence-corrected chi connectivity index (χ4v) is 3.07. The Morgan fingerprint density at radius 2 is 2.04 bits per heavy atom. The summed E-state index contributed by atoms with van der Waals surface area (Å²) in [7, 11) is 0. The van der Waals surface area contributed by atoms with Crippen molar-refractivity contribution in [3.63, 3.8) is 0 Å². The van der Waals surface area contributed by atoms with Crippen LogP contribution in [-0.4, -0.2) is 48.4 Å². The van der Waals surface area contributed by atoms with Crippen molar-refractivity contribution in [1.82, 2.24) is 15.5 Å². The molecule has 7 heteroatoms. The van der Waals surface area contributed by atoms with Crippen LogP contribution in [0.1, 0.15) is 37.6 Å². The number of rotatable bonds is 6. The summed E-state index contributed by atoms with van der Waals surface area (Å²) in [5, 5.41) is 5.64. The van der Waals surface area contributed by atoms with Crippen molar-refractivity contribution in [2.75, 3.05) is 19.6 Å². The van der Waals surface area contributed by atoms with E-state index in [1.54, 1.807) is 0 Å². The molecule has 1 aliphatic heterocycles. The second kappa shape index (κ2) is 8.89. The lowest BCUT2D eigenvalue weighted by Gasteiger charge is -2.23. The molecule has 1 heterocycles. The zero-order chi connectivity index (χ0) is 19.3. The molecule has 26 heavy (non-hydrogen) atoms. The molecule has 2 unspecified atom stereocenters. The van der Waals surface area contributed by atoms with Gasteiger partial charge in [0.15, 0.2) is 11.6 Å². The number of carbonyl (C=O) groups is 2. The Balaban J connectivity index is 2.08. The van der Waals surface area contributed by atoms with Crippen LogP contribution in [0.25, 0.3) is 0 Å². The van der Waals surface area contributed by atoms with Crippen molar-refractivity contribution in [2.24, 2.45) is 0 Å². The minimum atomic E-state index is -1.06. The van der Waals surface area contributed by atoms with E-state index in [1.807, 2.05) is 31.7 Å². The molecular weight excluding hydrogens is 340 g/mol. The van der Waals surface area contributed by atoms with E-state index in [0.717, 1.165) is 17.7 Å². The number of likely N-dealkylation sites (N-methyl/N-ethyl adjacent to an activating group) is 1. The lowest BCUT2D eigenvalue weighted by Crippen LogP contribution is -2.43. The zero-order valence-electron chi connectivity index (χ0n) is 15.3. The minimum Gasteiger partial charge on any atom is -0.355 e. The van der Waals surface area contributed by atoms with Crippen LogP contribution in [0.15, 0.2) is 29.8 Å². The summed E-state index contributed by atoms with van der Waals surface area (Å²) >= 11 is 0. The monoisotopic (exact) mass is 365 g/mol. The first-order valence-electron chi connectivity index (χ1n) is 8.75. The van der Waals surface area contributed by atoms with Crippen molar-refractivity contribution in [3.8, 4) is 0 Å². The fraction of sp³-hybridized carbons (Fsp3) is 0.474. The summed E-state index contributed by atoms with van der Waals surface area (Å²) in [6, 6.07) is 2.47. The molecule has 2 N–H and O–H groups in total. The molecular formula is C19H25F2N3O2. The van der Waals surface area contributed by atoms with E-state index < -0.39 is 17.5 Å². The number of nitrogens with zero attached hydrogens (tertiary/aromatic N) is 1. The van der Waals surface area contributed by atoms with Gasteiger partial charge in [-0.1, -0.05) is 11.6 Å². The van der Waals surface area contributed by atoms with Crippen molar-refractivity contribution in [1.29, 1.82) is 0 Å². The fourth-order valence-electron chi connectivity index (χ4n) is 3.07. The van der Waals surface area contributed by atoms with E-state index in [0.29, 0.717) is 26.1 Å². The molecule has 1 saturated heterocycles. The molecule has 0 radical (unpaired) electrons. The predicted molar refractivity (Wildman–Crippen MR) is 95.7 cm³/mol. The van der Waals surface area contributed by atoms with Gasteiger partial charge in [-0.15, -0.1) is 0 Å². The second-order valence-corrected chi connectivity index (χ2v) is 6.51. The normalized spacial score (nSPS) is 20.9. The van der Waals surface area contributed by atoms with Crippen LogP contribution in [0.2, 0.25) is 0 Å². The molecule has 2 atom stereocenters. The van der Waals surface area contributed by atoms with Crippen molar-refractivity contribution >= 4 is 11.8 Å². The van der Waals surface area contributed by atoms with E-state index in [1.165, 1.54) is 6.07 Å². The molecule has 5 nitrogen and oxygen atoms in total. The van der Waals surface area contributed by atoms with E-state index >= 15 is 0 Å². The van der Waals surface area contributed by atoms with Gasteiger partial charge in [-0.25, -0.2) is 8.78 Å². The lowest BCUT2D eigenvalue weighted by atomic mass is 10.1. The zero-order valence-corrected chi connectivity index (χ0v) is 15.3. The molecule has 0 aliphatic carbocycles. The van der Waals surface area contributed by atoms with Crippen LogP contribution in [0.3, 0.4) is 0 Å². The standard InChI is InChI=1S/C19H25F2N3O2/c1-4-12(3)10-24-11-14(9-17(24)19(26)22-5-2)23-18(25)13-6-7-15(20)16(21)8-13/h4,6-8,14,17H,5,9-11H2,1-3H3,(H,22,26)(H,23,25). The smallest absolute Gasteiger partial charge is 0.251 e. The van der Waals surface area contributed by atoms with Crippen LogP contribution < -0.4 is 10.6 Å². The maximum atomic E-state index is 13.3. The molecule has 2 amide bonds. The maximum absolute atomic E-state index is 13.3. The summed E-state index contributed by atoms with van der Waals surface area (Å²) in [5.74, 6) is -2.60. The van der Waals surface area contributed by atoms with Gasteiger partial charge in [-0.2, -0.15) is 0 Å². The molecule has 142 valence electrons. The molecule has 0 saturated carbocycles. The Bertz CT molecular complexity index is 706. The minimum absolute atomic E-state index is 0.0570. The van der Waals surface area contributed by atoms with Gasteiger partial charge in [0.2, 0.25) is 5.91 Å². The summed E-state index contributed by atoms with van der Waals surface area (Å²) in [6.45, 7) is 7.48. The lowest BCUT2D eigenvalue weighted by molar-refractivity contribution is -0.125. The molecule has 1 fully saturated rings. The molecule has 0 aromatic heterocycles. The highest BCUT2D eigenvalue weighted by molar-refractivity contribution is 5.94. The number of halogens is 2. The molecule has 2 rings (SSSR count). The summed E-state index contributed by atoms with van der Waals surface area (Å²) in [5.41, 5.74) is 1.19. The van der Waals surface area contributed by atoms with E-state index in [-0.39, 0.29) is 23.6 Å². The number of hydrogen-bond acceptors (Lipinski definition) is 3. The van der Waals surface area contributed by atoms with Gasteiger partial charge < -0.3 is 10.6 Å². The van der Waals surface area contributed by atoms with E-state index in [2.05, 4.69) is 10.6 Å². The average molecular weight is 365 g/mol. The summed E-state index contributed by atoms with van der Waals surface area (Å²) in [6.07, 6.45) is 2.46. The van der Waals surface area contributed by atoms with Gasteiger partial charge in [-0.05, 0) is 45.4 Å². The van der Waals surface area contributed by atoms with Crippen LogP contribution in [0.4, 0.5) is 8.78 Å². The summed E-state index contributed by atoms with van der Waals surface area (Å²) < 4.78 is 26.4. The molecule has 0 spiro atoms. The topological polar surface area (TPSA) is 61.4 Å². The van der Waals surface area contributed by atoms with Gasteiger partial charge in [0.25, 0.3) is 5.91 Å². The van der Waals surface area contributed by atoms with Gasteiger partial charge in [0.1, 0.15) is 0 Å². The number of carbonyl (C=O) groups excluding carboxylic acids is 2. The van der Waals surface area contributed by atoms with E-state index in [4.69, 9.17) is 0 Å². The van der Waals surface area contributed by atoms with E-state index in [9.17, 15) is 18.4 Å². The van der Waals surface area contributed by atoms with Crippen LogP contribution in [0, 0.1) is 11.6 Å². The number of hydrogen-bond donors (Lipinski definition) is 2. The highest BCUT2D eigenvalue weighted by Gasteiger charge is 2.37. The number of allylic oxidation sites excluding steroid dienone is 1. The Labute approximate surface area is 152 Å². The maximum Gasteiger partial charge on any atom is 0.251 e. The Kier molecular flexibility index (Phi) is 6.85.